The highest BCUT2D eigenvalue weighted by Crippen LogP contribution is 2.13. The first-order valence-electron chi connectivity index (χ1n) is 6.62. The Morgan fingerprint density at radius 1 is 1.39 bits per heavy atom. The van der Waals surface area contributed by atoms with Crippen LogP contribution in [0.15, 0.2) is 29.3 Å². The van der Waals surface area contributed by atoms with Crippen molar-refractivity contribution in [2.75, 3.05) is 27.2 Å². The average molecular weight is 245 g/mol. The molecule has 0 aliphatic carbocycles. The van der Waals surface area contributed by atoms with E-state index in [1.807, 2.05) is 0 Å². The molecule has 0 amide bonds. The van der Waals surface area contributed by atoms with Gasteiger partial charge in [-0.3, -0.25) is 4.99 Å². The van der Waals surface area contributed by atoms with Crippen molar-refractivity contribution in [2.24, 2.45) is 4.99 Å². The van der Waals surface area contributed by atoms with Crippen molar-refractivity contribution in [3.05, 3.63) is 35.4 Å². The van der Waals surface area contributed by atoms with Crippen molar-refractivity contribution in [2.45, 2.75) is 26.3 Å². The fourth-order valence-electron chi connectivity index (χ4n) is 2.44. The highest BCUT2D eigenvalue weighted by atomic mass is 15.4. The Morgan fingerprint density at radius 3 is 2.83 bits per heavy atom. The first-order valence-corrected chi connectivity index (χ1v) is 6.62. The highest BCUT2D eigenvalue weighted by molar-refractivity contribution is 5.81. The SMILES string of the molecule is Cc1cccc(CCN2C(N(C)C)=NC[C@@H]2C)c1. The van der Waals surface area contributed by atoms with Gasteiger partial charge in [-0.25, -0.2) is 0 Å². The third-order valence-electron chi connectivity index (χ3n) is 3.41. The van der Waals surface area contributed by atoms with Gasteiger partial charge in [-0.05, 0) is 25.8 Å². The molecule has 1 atom stereocenters. The molecule has 3 heteroatoms. The lowest BCUT2D eigenvalue weighted by molar-refractivity contribution is 0.333. The minimum atomic E-state index is 0.521. The van der Waals surface area contributed by atoms with Crippen molar-refractivity contribution < 1.29 is 0 Å². The van der Waals surface area contributed by atoms with Crippen LogP contribution in [-0.4, -0.2) is 49.0 Å². The summed E-state index contributed by atoms with van der Waals surface area (Å²) in [5, 5.41) is 0. The molecular formula is C15H23N3. The van der Waals surface area contributed by atoms with Crippen LogP contribution in [0.1, 0.15) is 18.1 Å². The van der Waals surface area contributed by atoms with E-state index in [0.29, 0.717) is 6.04 Å². The summed E-state index contributed by atoms with van der Waals surface area (Å²) in [5.41, 5.74) is 2.75. The van der Waals surface area contributed by atoms with E-state index in [0.717, 1.165) is 25.5 Å². The van der Waals surface area contributed by atoms with Crippen LogP contribution in [0.2, 0.25) is 0 Å². The van der Waals surface area contributed by atoms with E-state index in [2.05, 4.69) is 67.0 Å². The van der Waals surface area contributed by atoms with Gasteiger partial charge in [-0.2, -0.15) is 0 Å². The van der Waals surface area contributed by atoms with Gasteiger partial charge >= 0.3 is 0 Å². The van der Waals surface area contributed by atoms with Gasteiger partial charge in [0, 0.05) is 26.7 Å². The predicted molar refractivity (Wildman–Crippen MR) is 77.0 cm³/mol. The standard InChI is InChI=1S/C15H23N3/c1-12-6-5-7-14(10-12)8-9-18-13(2)11-16-15(18)17(3)4/h5-7,10,13H,8-9,11H2,1-4H3/t13-/m0/s1. The smallest absolute Gasteiger partial charge is 0.196 e. The molecule has 0 spiro atoms. The molecule has 1 aliphatic rings. The number of hydrogen-bond acceptors (Lipinski definition) is 3. The second kappa shape index (κ2) is 5.42. The molecule has 2 rings (SSSR count). The molecule has 0 unspecified atom stereocenters. The minimum absolute atomic E-state index is 0.521. The van der Waals surface area contributed by atoms with E-state index in [4.69, 9.17) is 0 Å². The maximum Gasteiger partial charge on any atom is 0.196 e. The number of aryl methyl sites for hydroxylation is 1. The molecule has 0 bridgehead atoms. The molecule has 0 radical (unpaired) electrons. The molecule has 98 valence electrons. The quantitative estimate of drug-likeness (QED) is 0.812. The zero-order valence-corrected chi connectivity index (χ0v) is 11.8. The molecule has 1 heterocycles. The van der Waals surface area contributed by atoms with Crippen molar-refractivity contribution in [1.82, 2.24) is 9.80 Å². The average Bonchev–Trinajstić information content (AvgIpc) is 2.68. The van der Waals surface area contributed by atoms with Crippen LogP contribution in [0.25, 0.3) is 0 Å². The third-order valence-corrected chi connectivity index (χ3v) is 3.41. The van der Waals surface area contributed by atoms with E-state index in [9.17, 15) is 0 Å². The molecule has 0 N–H and O–H groups in total. The number of guanidine groups is 1. The van der Waals surface area contributed by atoms with Gasteiger partial charge in [-0.15, -0.1) is 0 Å². The highest BCUT2D eigenvalue weighted by Gasteiger charge is 2.24. The van der Waals surface area contributed by atoms with Crippen molar-refractivity contribution in [3.8, 4) is 0 Å². The van der Waals surface area contributed by atoms with Crippen LogP contribution in [0.5, 0.6) is 0 Å². The molecule has 0 fully saturated rings. The number of hydrogen-bond donors (Lipinski definition) is 0. The van der Waals surface area contributed by atoms with Crippen molar-refractivity contribution in [3.63, 3.8) is 0 Å². The molecule has 0 aromatic heterocycles. The summed E-state index contributed by atoms with van der Waals surface area (Å²) in [6, 6.07) is 9.29. The van der Waals surface area contributed by atoms with Crippen LogP contribution < -0.4 is 0 Å². The first-order chi connectivity index (χ1) is 8.58. The maximum atomic E-state index is 4.60. The fraction of sp³-hybridized carbons (Fsp3) is 0.533. The molecule has 1 aromatic carbocycles. The van der Waals surface area contributed by atoms with Gasteiger partial charge in [0.05, 0.1) is 6.54 Å². The lowest BCUT2D eigenvalue weighted by atomic mass is 10.1. The molecule has 1 aromatic rings. The lowest BCUT2D eigenvalue weighted by Crippen LogP contribution is -2.42. The molecule has 0 saturated heterocycles. The second-order valence-corrected chi connectivity index (χ2v) is 5.32. The van der Waals surface area contributed by atoms with Crippen LogP contribution in [0, 0.1) is 6.92 Å². The summed E-state index contributed by atoms with van der Waals surface area (Å²) >= 11 is 0. The summed E-state index contributed by atoms with van der Waals surface area (Å²) in [5.74, 6) is 1.12. The second-order valence-electron chi connectivity index (χ2n) is 5.32. The van der Waals surface area contributed by atoms with Crippen molar-refractivity contribution >= 4 is 5.96 Å². The van der Waals surface area contributed by atoms with Crippen LogP contribution in [0.3, 0.4) is 0 Å². The van der Waals surface area contributed by atoms with Gasteiger partial charge < -0.3 is 9.80 Å². The minimum Gasteiger partial charge on any atom is -0.349 e. The van der Waals surface area contributed by atoms with E-state index in [-0.39, 0.29) is 0 Å². The zero-order valence-electron chi connectivity index (χ0n) is 11.8. The first kappa shape index (κ1) is 12.9. The Balaban J connectivity index is 1.99. The summed E-state index contributed by atoms with van der Waals surface area (Å²) < 4.78 is 0. The fourth-order valence-corrected chi connectivity index (χ4v) is 2.44. The van der Waals surface area contributed by atoms with Gasteiger partial charge in [0.15, 0.2) is 5.96 Å². The largest absolute Gasteiger partial charge is 0.349 e. The summed E-state index contributed by atoms with van der Waals surface area (Å²) in [6.07, 6.45) is 1.08. The Bertz CT molecular complexity index is 437. The maximum absolute atomic E-state index is 4.60. The molecule has 18 heavy (non-hydrogen) atoms. The Labute approximate surface area is 110 Å². The number of benzene rings is 1. The van der Waals surface area contributed by atoms with Gasteiger partial charge in [0.1, 0.15) is 0 Å². The number of rotatable bonds is 3. The molecule has 0 saturated carbocycles. The topological polar surface area (TPSA) is 18.8 Å². The van der Waals surface area contributed by atoms with E-state index < -0.39 is 0 Å². The molecule has 1 aliphatic heterocycles. The van der Waals surface area contributed by atoms with Crippen molar-refractivity contribution in [1.29, 1.82) is 0 Å². The Kier molecular flexibility index (Phi) is 3.90. The third kappa shape index (κ3) is 2.84. The summed E-state index contributed by atoms with van der Waals surface area (Å²) in [4.78, 5) is 9.11. The lowest BCUT2D eigenvalue weighted by Gasteiger charge is -2.28. The van der Waals surface area contributed by atoms with E-state index >= 15 is 0 Å². The number of nitrogens with zero attached hydrogens (tertiary/aromatic N) is 3. The summed E-state index contributed by atoms with van der Waals surface area (Å²) in [7, 11) is 4.13. The van der Waals surface area contributed by atoms with Gasteiger partial charge in [0.25, 0.3) is 0 Å². The normalized spacial score (nSPS) is 19.0. The molecule has 3 nitrogen and oxygen atoms in total. The predicted octanol–water partition coefficient (Wildman–Crippen LogP) is 2.16. The Hall–Kier alpha value is -1.51. The monoisotopic (exact) mass is 245 g/mol. The van der Waals surface area contributed by atoms with Crippen LogP contribution >= 0.6 is 0 Å². The number of aliphatic imine (C=N–C) groups is 1. The van der Waals surface area contributed by atoms with Crippen LogP contribution in [-0.2, 0) is 6.42 Å². The summed E-state index contributed by atoms with van der Waals surface area (Å²) in [6.45, 7) is 6.36. The van der Waals surface area contributed by atoms with E-state index in [1.165, 1.54) is 11.1 Å². The zero-order chi connectivity index (χ0) is 13.1. The Morgan fingerprint density at radius 2 is 2.17 bits per heavy atom. The molecular weight excluding hydrogens is 222 g/mol. The van der Waals surface area contributed by atoms with Crippen LogP contribution in [0.4, 0.5) is 0 Å². The van der Waals surface area contributed by atoms with Gasteiger partial charge in [-0.1, -0.05) is 29.8 Å². The van der Waals surface area contributed by atoms with E-state index in [1.54, 1.807) is 0 Å². The van der Waals surface area contributed by atoms with Gasteiger partial charge in [0.2, 0.25) is 0 Å².